The highest BCUT2D eigenvalue weighted by Gasteiger charge is 2.08. The number of hydrogen-bond donors (Lipinski definition) is 0. The second-order valence-electron chi connectivity index (χ2n) is 6.33. The molecule has 0 N–H and O–H groups in total. The second kappa shape index (κ2) is 10.8. The molecule has 0 aliphatic rings. The molecule has 3 nitrogen and oxygen atoms in total. The van der Waals surface area contributed by atoms with E-state index in [4.69, 9.17) is 14.2 Å². The van der Waals surface area contributed by atoms with Gasteiger partial charge in [0.15, 0.2) is 0 Å². The van der Waals surface area contributed by atoms with E-state index in [9.17, 15) is 0 Å². The van der Waals surface area contributed by atoms with Crippen molar-refractivity contribution in [3.05, 3.63) is 0 Å². The Morgan fingerprint density at radius 2 is 1.17 bits per heavy atom. The van der Waals surface area contributed by atoms with Gasteiger partial charge in [0, 0.05) is 13.2 Å². The monoisotopic (exact) mass is 260 g/mol. The standard InChI is InChI=1S/C15H32O3/c1-14(2)6-8-16-10-12-18-13-11-17-9-7-15(3,4)5/h14H,6-13H2,1-5H3. The van der Waals surface area contributed by atoms with Crippen LogP contribution < -0.4 is 0 Å². The Labute approximate surface area is 113 Å². The van der Waals surface area contributed by atoms with E-state index in [-0.39, 0.29) is 0 Å². The molecule has 0 saturated heterocycles. The molecule has 18 heavy (non-hydrogen) atoms. The molecule has 0 amide bonds. The van der Waals surface area contributed by atoms with Gasteiger partial charge in [-0.2, -0.15) is 0 Å². The lowest BCUT2D eigenvalue weighted by Gasteiger charge is -2.17. The van der Waals surface area contributed by atoms with Crippen LogP contribution in [0.25, 0.3) is 0 Å². The van der Waals surface area contributed by atoms with Gasteiger partial charge in [0.2, 0.25) is 0 Å². The fourth-order valence-electron chi connectivity index (χ4n) is 1.24. The molecule has 0 aromatic rings. The first kappa shape index (κ1) is 17.9. The molecule has 0 heterocycles. The molecule has 0 saturated carbocycles. The quantitative estimate of drug-likeness (QED) is 0.532. The molecule has 0 aliphatic heterocycles. The number of rotatable bonds is 11. The van der Waals surface area contributed by atoms with Crippen molar-refractivity contribution in [3.8, 4) is 0 Å². The van der Waals surface area contributed by atoms with Gasteiger partial charge in [-0.05, 0) is 24.2 Å². The summed E-state index contributed by atoms with van der Waals surface area (Å²) in [5, 5.41) is 0. The molecule has 0 rings (SSSR count). The normalized spacial score (nSPS) is 12.3. The van der Waals surface area contributed by atoms with E-state index < -0.39 is 0 Å². The molecule has 0 unspecified atom stereocenters. The lowest BCUT2D eigenvalue weighted by molar-refractivity contribution is 0.00889. The second-order valence-corrected chi connectivity index (χ2v) is 6.33. The Bertz CT molecular complexity index is 173. The van der Waals surface area contributed by atoms with Gasteiger partial charge in [-0.1, -0.05) is 34.6 Å². The molecular formula is C15H32O3. The first-order valence-electron chi connectivity index (χ1n) is 7.15. The number of ether oxygens (including phenoxy) is 3. The van der Waals surface area contributed by atoms with Crippen LogP contribution in [-0.4, -0.2) is 39.6 Å². The Kier molecular flexibility index (Phi) is 10.7. The highest BCUT2D eigenvalue weighted by Crippen LogP contribution is 2.17. The Balaban J connectivity index is 3.04. The summed E-state index contributed by atoms with van der Waals surface area (Å²) in [5.74, 6) is 0.710. The van der Waals surface area contributed by atoms with E-state index in [0.29, 0.717) is 37.8 Å². The van der Waals surface area contributed by atoms with Gasteiger partial charge in [0.1, 0.15) is 0 Å². The van der Waals surface area contributed by atoms with Crippen molar-refractivity contribution in [2.24, 2.45) is 11.3 Å². The average molecular weight is 260 g/mol. The van der Waals surface area contributed by atoms with Crippen molar-refractivity contribution in [1.82, 2.24) is 0 Å². The molecule has 0 bridgehead atoms. The summed E-state index contributed by atoms with van der Waals surface area (Å²) in [7, 11) is 0. The zero-order valence-corrected chi connectivity index (χ0v) is 13.0. The first-order chi connectivity index (χ1) is 8.42. The van der Waals surface area contributed by atoms with Crippen molar-refractivity contribution in [3.63, 3.8) is 0 Å². The van der Waals surface area contributed by atoms with Crippen LogP contribution in [0.4, 0.5) is 0 Å². The summed E-state index contributed by atoms with van der Waals surface area (Å²) in [5.41, 5.74) is 0.352. The largest absolute Gasteiger partial charge is 0.379 e. The molecule has 0 aromatic heterocycles. The summed E-state index contributed by atoms with van der Waals surface area (Å²) in [6.45, 7) is 15.4. The predicted octanol–water partition coefficient (Wildman–Crippen LogP) is 3.52. The van der Waals surface area contributed by atoms with Crippen LogP contribution in [0.1, 0.15) is 47.5 Å². The molecule has 110 valence electrons. The third-order valence-corrected chi connectivity index (χ3v) is 2.58. The zero-order valence-electron chi connectivity index (χ0n) is 13.0. The number of hydrogen-bond acceptors (Lipinski definition) is 3. The summed E-state index contributed by atoms with van der Waals surface area (Å²) in [6, 6.07) is 0. The molecular weight excluding hydrogens is 228 g/mol. The van der Waals surface area contributed by atoms with Crippen LogP contribution in [0.2, 0.25) is 0 Å². The van der Waals surface area contributed by atoms with Crippen LogP contribution >= 0.6 is 0 Å². The maximum absolute atomic E-state index is 5.50. The van der Waals surface area contributed by atoms with E-state index in [1.165, 1.54) is 0 Å². The van der Waals surface area contributed by atoms with Crippen molar-refractivity contribution >= 4 is 0 Å². The fraction of sp³-hybridized carbons (Fsp3) is 1.00. The Morgan fingerprint density at radius 1 is 0.722 bits per heavy atom. The summed E-state index contributed by atoms with van der Waals surface area (Å²) in [4.78, 5) is 0. The third kappa shape index (κ3) is 15.9. The molecule has 0 atom stereocenters. The topological polar surface area (TPSA) is 27.7 Å². The van der Waals surface area contributed by atoms with E-state index in [0.717, 1.165) is 26.1 Å². The molecule has 0 fully saturated rings. The minimum Gasteiger partial charge on any atom is -0.379 e. The van der Waals surface area contributed by atoms with Gasteiger partial charge in [0.25, 0.3) is 0 Å². The van der Waals surface area contributed by atoms with Gasteiger partial charge in [-0.25, -0.2) is 0 Å². The SMILES string of the molecule is CC(C)CCOCCOCCOCCC(C)(C)C. The summed E-state index contributed by atoms with van der Waals surface area (Å²) >= 11 is 0. The Morgan fingerprint density at radius 3 is 1.61 bits per heavy atom. The van der Waals surface area contributed by atoms with Gasteiger partial charge < -0.3 is 14.2 Å². The zero-order chi connectivity index (χ0) is 13.9. The fourth-order valence-corrected chi connectivity index (χ4v) is 1.24. The Hall–Kier alpha value is -0.120. The van der Waals surface area contributed by atoms with Crippen LogP contribution in [0.15, 0.2) is 0 Å². The van der Waals surface area contributed by atoms with Gasteiger partial charge in [-0.15, -0.1) is 0 Å². The molecule has 3 heteroatoms. The summed E-state index contributed by atoms with van der Waals surface area (Å²) in [6.07, 6.45) is 2.21. The maximum atomic E-state index is 5.50. The van der Waals surface area contributed by atoms with Crippen LogP contribution in [-0.2, 0) is 14.2 Å². The predicted molar refractivity (Wildman–Crippen MR) is 76.0 cm³/mol. The van der Waals surface area contributed by atoms with Crippen LogP contribution in [0.5, 0.6) is 0 Å². The highest BCUT2D eigenvalue weighted by atomic mass is 16.5. The van der Waals surface area contributed by atoms with E-state index >= 15 is 0 Å². The lowest BCUT2D eigenvalue weighted by atomic mass is 9.93. The maximum Gasteiger partial charge on any atom is 0.0701 e. The first-order valence-corrected chi connectivity index (χ1v) is 7.15. The van der Waals surface area contributed by atoms with Gasteiger partial charge in [-0.3, -0.25) is 0 Å². The smallest absolute Gasteiger partial charge is 0.0701 e. The minimum atomic E-state index is 0.352. The summed E-state index contributed by atoms with van der Waals surface area (Å²) < 4.78 is 16.4. The molecule has 0 aromatic carbocycles. The molecule has 0 spiro atoms. The average Bonchev–Trinajstić information content (AvgIpc) is 2.24. The van der Waals surface area contributed by atoms with Gasteiger partial charge in [0.05, 0.1) is 26.4 Å². The molecule has 0 aliphatic carbocycles. The van der Waals surface area contributed by atoms with Crippen molar-refractivity contribution < 1.29 is 14.2 Å². The lowest BCUT2D eigenvalue weighted by Crippen LogP contribution is -2.13. The highest BCUT2D eigenvalue weighted by molar-refractivity contribution is 4.59. The van der Waals surface area contributed by atoms with Crippen molar-refractivity contribution in [2.75, 3.05) is 39.6 Å². The van der Waals surface area contributed by atoms with E-state index in [1.807, 2.05) is 0 Å². The van der Waals surface area contributed by atoms with Crippen LogP contribution in [0.3, 0.4) is 0 Å². The van der Waals surface area contributed by atoms with Crippen molar-refractivity contribution in [1.29, 1.82) is 0 Å². The third-order valence-electron chi connectivity index (χ3n) is 2.58. The minimum absolute atomic E-state index is 0.352. The van der Waals surface area contributed by atoms with Crippen LogP contribution in [0, 0.1) is 11.3 Å². The van der Waals surface area contributed by atoms with Crippen molar-refractivity contribution in [2.45, 2.75) is 47.5 Å². The molecule has 0 radical (unpaired) electrons. The van der Waals surface area contributed by atoms with Gasteiger partial charge >= 0.3 is 0 Å². The van der Waals surface area contributed by atoms with E-state index in [2.05, 4.69) is 34.6 Å². The van der Waals surface area contributed by atoms with E-state index in [1.54, 1.807) is 0 Å².